The van der Waals surface area contributed by atoms with Crippen LogP contribution in [0.3, 0.4) is 0 Å². The number of terminal acetylenes is 1. The van der Waals surface area contributed by atoms with E-state index in [0.29, 0.717) is 0 Å². The number of rotatable bonds is 3. The second kappa shape index (κ2) is 5.23. The van der Waals surface area contributed by atoms with Crippen LogP contribution in [-0.2, 0) is 6.42 Å². The first-order chi connectivity index (χ1) is 8.33. The zero-order chi connectivity index (χ0) is 12.1. The van der Waals surface area contributed by atoms with Crippen molar-refractivity contribution in [1.29, 1.82) is 0 Å². The van der Waals surface area contributed by atoms with Crippen LogP contribution in [0.15, 0.2) is 48.5 Å². The van der Waals surface area contributed by atoms with E-state index in [9.17, 15) is 0 Å². The zero-order valence-corrected chi connectivity index (χ0v) is 9.81. The molecule has 0 amide bonds. The molecule has 0 N–H and O–H groups in total. The number of hydrogen-bond acceptors (Lipinski definition) is 1. The lowest BCUT2D eigenvalue weighted by Gasteiger charge is -2.07. The van der Waals surface area contributed by atoms with E-state index in [2.05, 4.69) is 18.1 Å². The Bertz CT molecular complexity index is 535. The van der Waals surface area contributed by atoms with Gasteiger partial charge in [0, 0.05) is 5.56 Å². The number of hydrogen-bond donors (Lipinski definition) is 0. The fourth-order valence-corrected chi connectivity index (χ4v) is 1.79. The monoisotopic (exact) mass is 222 g/mol. The predicted octanol–water partition coefficient (Wildman–Crippen LogP) is 3.27. The Morgan fingerprint density at radius 3 is 2.53 bits per heavy atom. The van der Waals surface area contributed by atoms with E-state index < -0.39 is 0 Å². The molecule has 17 heavy (non-hydrogen) atoms. The van der Waals surface area contributed by atoms with Crippen LogP contribution in [0.1, 0.15) is 16.7 Å². The van der Waals surface area contributed by atoms with Crippen LogP contribution in [-0.4, -0.2) is 7.11 Å². The van der Waals surface area contributed by atoms with E-state index in [-0.39, 0.29) is 0 Å². The van der Waals surface area contributed by atoms with Crippen LogP contribution in [0.4, 0.5) is 0 Å². The summed E-state index contributed by atoms with van der Waals surface area (Å²) in [5, 5.41) is 0. The molecule has 0 fully saturated rings. The van der Waals surface area contributed by atoms with Gasteiger partial charge in [-0.05, 0) is 29.7 Å². The van der Waals surface area contributed by atoms with Gasteiger partial charge in [0.2, 0.25) is 0 Å². The smallest absolute Gasteiger partial charge is 0.120 e. The second-order valence-electron chi connectivity index (χ2n) is 3.83. The van der Waals surface area contributed by atoms with Crippen molar-refractivity contribution < 1.29 is 4.74 Å². The van der Waals surface area contributed by atoms with Crippen LogP contribution in [0.2, 0.25) is 0 Å². The molecule has 2 rings (SSSR count). The fourth-order valence-electron chi connectivity index (χ4n) is 1.79. The summed E-state index contributed by atoms with van der Waals surface area (Å²) in [5.74, 6) is 3.51. The third kappa shape index (κ3) is 2.68. The molecular formula is C16H14O. The topological polar surface area (TPSA) is 9.23 Å². The Morgan fingerprint density at radius 1 is 1.12 bits per heavy atom. The standard InChI is InChI=1S/C16H14O/c1-3-14-12-16(17-2)10-9-15(14)11-13-7-5-4-6-8-13/h1,4-10,12H,11H2,2H3. The molecule has 0 saturated carbocycles. The maximum Gasteiger partial charge on any atom is 0.120 e. The van der Waals surface area contributed by atoms with Crippen LogP contribution >= 0.6 is 0 Å². The van der Waals surface area contributed by atoms with E-state index in [0.717, 1.165) is 23.3 Å². The molecule has 84 valence electrons. The Kier molecular flexibility index (Phi) is 3.47. The first-order valence-electron chi connectivity index (χ1n) is 5.51. The largest absolute Gasteiger partial charge is 0.497 e. The highest BCUT2D eigenvalue weighted by molar-refractivity contribution is 5.46. The van der Waals surface area contributed by atoms with Gasteiger partial charge in [0.15, 0.2) is 0 Å². The molecule has 2 aromatic rings. The SMILES string of the molecule is C#Cc1cc(OC)ccc1Cc1ccccc1. The van der Waals surface area contributed by atoms with Crippen molar-refractivity contribution in [2.45, 2.75) is 6.42 Å². The molecule has 0 aliphatic rings. The Morgan fingerprint density at radius 2 is 1.88 bits per heavy atom. The van der Waals surface area contributed by atoms with E-state index in [1.54, 1.807) is 7.11 Å². The quantitative estimate of drug-likeness (QED) is 0.724. The second-order valence-corrected chi connectivity index (χ2v) is 3.83. The summed E-state index contributed by atoms with van der Waals surface area (Å²) in [4.78, 5) is 0. The van der Waals surface area contributed by atoms with Crippen molar-refractivity contribution in [2.75, 3.05) is 7.11 Å². The zero-order valence-electron chi connectivity index (χ0n) is 9.81. The summed E-state index contributed by atoms with van der Waals surface area (Å²) in [6, 6.07) is 16.2. The average Bonchev–Trinajstić information content (AvgIpc) is 2.40. The third-order valence-electron chi connectivity index (χ3n) is 2.71. The summed E-state index contributed by atoms with van der Waals surface area (Å²) in [6.45, 7) is 0. The Balaban J connectivity index is 2.31. The van der Waals surface area contributed by atoms with Crippen molar-refractivity contribution in [1.82, 2.24) is 0 Å². The molecule has 0 spiro atoms. The Hall–Kier alpha value is -2.20. The molecule has 0 saturated heterocycles. The van der Waals surface area contributed by atoms with Gasteiger partial charge in [-0.3, -0.25) is 0 Å². The fraction of sp³-hybridized carbons (Fsp3) is 0.125. The van der Waals surface area contributed by atoms with Gasteiger partial charge >= 0.3 is 0 Å². The molecule has 0 aliphatic carbocycles. The highest BCUT2D eigenvalue weighted by Crippen LogP contribution is 2.19. The third-order valence-corrected chi connectivity index (χ3v) is 2.71. The van der Waals surface area contributed by atoms with Gasteiger partial charge in [-0.2, -0.15) is 0 Å². The minimum atomic E-state index is 0.801. The molecule has 0 aliphatic heterocycles. The maximum atomic E-state index is 5.52. The van der Waals surface area contributed by atoms with Gasteiger partial charge in [-0.15, -0.1) is 6.42 Å². The molecule has 0 aromatic heterocycles. The summed E-state index contributed by atoms with van der Waals surface area (Å²) in [6.07, 6.45) is 6.37. The highest BCUT2D eigenvalue weighted by atomic mass is 16.5. The summed E-state index contributed by atoms with van der Waals surface area (Å²) in [5.41, 5.74) is 3.31. The van der Waals surface area contributed by atoms with Gasteiger partial charge in [-0.25, -0.2) is 0 Å². The molecule has 0 atom stereocenters. The van der Waals surface area contributed by atoms with Crippen molar-refractivity contribution in [2.24, 2.45) is 0 Å². The molecule has 0 radical (unpaired) electrons. The van der Waals surface area contributed by atoms with Gasteiger partial charge in [0.25, 0.3) is 0 Å². The Labute approximate surface area is 102 Å². The molecule has 0 unspecified atom stereocenters. The first kappa shape index (κ1) is 11.3. The number of benzene rings is 2. The van der Waals surface area contributed by atoms with Gasteiger partial charge < -0.3 is 4.74 Å². The van der Waals surface area contributed by atoms with E-state index in [4.69, 9.17) is 11.2 Å². The molecular weight excluding hydrogens is 208 g/mol. The summed E-state index contributed by atoms with van der Waals surface area (Å²) >= 11 is 0. The lowest BCUT2D eigenvalue weighted by Crippen LogP contribution is -1.93. The maximum absolute atomic E-state index is 5.52. The van der Waals surface area contributed by atoms with Crippen LogP contribution in [0.25, 0.3) is 0 Å². The lowest BCUT2D eigenvalue weighted by molar-refractivity contribution is 0.414. The van der Waals surface area contributed by atoms with Crippen LogP contribution in [0, 0.1) is 12.3 Å². The van der Waals surface area contributed by atoms with E-state index >= 15 is 0 Å². The minimum Gasteiger partial charge on any atom is -0.497 e. The van der Waals surface area contributed by atoms with Gasteiger partial charge in [0.05, 0.1) is 7.11 Å². The molecule has 1 nitrogen and oxygen atoms in total. The van der Waals surface area contributed by atoms with E-state index in [1.807, 2.05) is 36.4 Å². The minimum absolute atomic E-state index is 0.801. The van der Waals surface area contributed by atoms with Crippen molar-refractivity contribution >= 4 is 0 Å². The van der Waals surface area contributed by atoms with Crippen molar-refractivity contribution in [3.63, 3.8) is 0 Å². The van der Waals surface area contributed by atoms with Crippen molar-refractivity contribution in [3.8, 4) is 18.1 Å². The first-order valence-corrected chi connectivity index (χ1v) is 5.51. The normalized spacial score (nSPS) is 9.65. The molecule has 2 aromatic carbocycles. The van der Waals surface area contributed by atoms with Gasteiger partial charge in [0.1, 0.15) is 5.75 Å². The average molecular weight is 222 g/mol. The molecule has 0 bridgehead atoms. The van der Waals surface area contributed by atoms with Crippen molar-refractivity contribution in [3.05, 3.63) is 65.2 Å². The predicted molar refractivity (Wildman–Crippen MR) is 70.2 cm³/mol. The summed E-state index contributed by atoms with van der Waals surface area (Å²) < 4.78 is 5.17. The van der Waals surface area contributed by atoms with Crippen LogP contribution in [0.5, 0.6) is 5.75 Å². The molecule has 0 heterocycles. The number of methoxy groups -OCH3 is 1. The lowest BCUT2D eigenvalue weighted by atomic mass is 10.00. The van der Waals surface area contributed by atoms with Gasteiger partial charge in [-0.1, -0.05) is 42.3 Å². The van der Waals surface area contributed by atoms with Crippen LogP contribution < -0.4 is 4.74 Å². The molecule has 1 heteroatoms. The summed E-state index contributed by atoms with van der Waals surface area (Å²) in [7, 11) is 1.65. The number of ether oxygens (including phenoxy) is 1. The van der Waals surface area contributed by atoms with E-state index in [1.165, 1.54) is 5.56 Å². The highest BCUT2D eigenvalue weighted by Gasteiger charge is 2.03.